The molecule has 0 spiro atoms. The highest BCUT2D eigenvalue weighted by molar-refractivity contribution is 5.90. The summed E-state index contributed by atoms with van der Waals surface area (Å²) in [5.41, 5.74) is 9.68. The van der Waals surface area contributed by atoms with E-state index in [1.807, 2.05) is 42.5 Å². The zero-order chi connectivity index (χ0) is 19.4. The third kappa shape index (κ3) is 4.56. The quantitative estimate of drug-likeness (QED) is 0.632. The summed E-state index contributed by atoms with van der Waals surface area (Å²) < 4.78 is 0. The fourth-order valence-corrected chi connectivity index (χ4v) is 3.05. The highest BCUT2D eigenvalue weighted by atomic mass is 16.2. The number of rotatable bonds is 5. The van der Waals surface area contributed by atoms with Crippen LogP contribution in [0.3, 0.4) is 0 Å². The van der Waals surface area contributed by atoms with Crippen LogP contribution in [-0.2, 0) is 16.6 Å². The SMILES string of the molecule is C=C(NNC(=O)Cc1cccc2ccccc12)c1ccc(C(C)(C)C)cc1. The Hall–Kier alpha value is -3.07. The average Bonchev–Trinajstić information content (AvgIpc) is 2.66. The van der Waals surface area contributed by atoms with E-state index >= 15 is 0 Å². The fourth-order valence-electron chi connectivity index (χ4n) is 3.05. The van der Waals surface area contributed by atoms with Crippen LogP contribution in [0.2, 0.25) is 0 Å². The zero-order valence-electron chi connectivity index (χ0n) is 16.2. The maximum atomic E-state index is 12.4. The van der Waals surface area contributed by atoms with Crippen LogP contribution in [-0.4, -0.2) is 5.91 Å². The van der Waals surface area contributed by atoms with Crippen LogP contribution in [0.25, 0.3) is 16.5 Å². The van der Waals surface area contributed by atoms with Gasteiger partial charge in [0.05, 0.1) is 12.1 Å². The molecule has 0 aliphatic heterocycles. The molecule has 3 aromatic rings. The van der Waals surface area contributed by atoms with E-state index in [4.69, 9.17) is 0 Å². The molecule has 27 heavy (non-hydrogen) atoms. The number of carbonyl (C=O) groups excluding carboxylic acids is 1. The Morgan fingerprint density at radius 1 is 0.889 bits per heavy atom. The summed E-state index contributed by atoms with van der Waals surface area (Å²) in [5, 5.41) is 2.24. The summed E-state index contributed by atoms with van der Waals surface area (Å²) >= 11 is 0. The Morgan fingerprint density at radius 2 is 1.56 bits per heavy atom. The van der Waals surface area contributed by atoms with Gasteiger partial charge in [-0.05, 0) is 32.9 Å². The lowest BCUT2D eigenvalue weighted by molar-refractivity contribution is -0.121. The summed E-state index contributed by atoms with van der Waals surface area (Å²) in [6, 6.07) is 22.3. The second-order valence-corrected chi connectivity index (χ2v) is 7.79. The molecule has 138 valence electrons. The predicted octanol–water partition coefficient (Wildman–Crippen LogP) is 4.97. The van der Waals surface area contributed by atoms with E-state index in [0.29, 0.717) is 12.1 Å². The molecule has 0 heterocycles. The normalized spacial score (nSPS) is 11.2. The summed E-state index contributed by atoms with van der Waals surface area (Å²) in [4.78, 5) is 12.4. The molecule has 0 atom stereocenters. The smallest absolute Gasteiger partial charge is 0.242 e. The van der Waals surface area contributed by atoms with Crippen molar-refractivity contribution in [1.82, 2.24) is 10.9 Å². The van der Waals surface area contributed by atoms with Crippen LogP contribution in [0.4, 0.5) is 0 Å². The number of hydrogen-bond acceptors (Lipinski definition) is 2. The van der Waals surface area contributed by atoms with Gasteiger partial charge < -0.3 is 0 Å². The molecule has 0 fully saturated rings. The summed E-state index contributed by atoms with van der Waals surface area (Å²) in [7, 11) is 0. The van der Waals surface area contributed by atoms with E-state index < -0.39 is 0 Å². The summed E-state index contributed by atoms with van der Waals surface area (Å²) in [5.74, 6) is -0.0983. The average molecular weight is 358 g/mol. The van der Waals surface area contributed by atoms with E-state index in [9.17, 15) is 4.79 Å². The molecule has 0 unspecified atom stereocenters. The van der Waals surface area contributed by atoms with Gasteiger partial charge in [0.15, 0.2) is 0 Å². The third-order valence-corrected chi connectivity index (χ3v) is 4.68. The number of nitrogens with one attached hydrogen (secondary N) is 2. The number of hydrogen-bond donors (Lipinski definition) is 2. The largest absolute Gasteiger partial charge is 0.299 e. The predicted molar refractivity (Wildman–Crippen MR) is 113 cm³/mol. The fraction of sp³-hybridized carbons (Fsp3) is 0.208. The number of fused-ring (bicyclic) bond motifs is 1. The number of benzene rings is 3. The van der Waals surface area contributed by atoms with Crippen molar-refractivity contribution < 1.29 is 4.79 Å². The minimum Gasteiger partial charge on any atom is -0.299 e. The van der Waals surface area contributed by atoms with Gasteiger partial charge in [-0.1, -0.05) is 94.1 Å². The first-order valence-electron chi connectivity index (χ1n) is 9.16. The molecule has 3 nitrogen and oxygen atoms in total. The summed E-state index contributed by atoms with van der Waals surface area (Å²) in [6.45, 7) is 10.6. The number of amides is 1. The van der Waals surface area contributed by atoms with E-state index in [1.165, 1.54) is 5.56 Å². The zero-order valence-corrected chi connectivity index (χ0v) is 16.2. The van der Waals surface area contributed by atoms with Gasteiger partial charge in [-0.25, -0.2) is 0 Å². The van der Waals surface area contributed by atoms with Gasteiger partial charge in [-0.3, -0.25) is 15.6 Å². The minimum absolute atomic E-state index is 0.0983. The van der Waals surface area contributed by atoms with E-state index in [0.717, 1.165) is 21.9 Å². The molecule has 0 bridgehead atoms. The van der Waals surface area contributed by atoms with Gasteiger partial charge in [0.25, 0.3) is 0 Å². The lowest BCUT2D eigenvalue weighted by Crippen LogP contribution is -2.36. The van der Waals surface area contributed by atoms with Gasteiger partial charge in [0.2, 0.25) is 5.91 Å². The van der Waals surface area contributed by atoms with E-state index in [1.54, 1.807) is 0 Å². The van der Waals surface area contributed by atoms with Crippen LogP contribution < -0.4 is 10.9 Å². The van der Waals surface area contributed by atoms with E-state index in [2.05, 4.69) is 62.5 Å². The monoisotopic (exact) mass is 358 g/mol. The Balaban J connectivity index is 1.61. The van der Waals surface area contributed by atoms with Crippen LogP contribution in [0.5, 0.6) is 0 Å². The lowest BCUT2D eigenvalue weighted by Gasteiger charge is -2.19. The van der Waals surface area contributed by atoms with Crippen molar-refractivity contribution in [3.63, 3.8) is 0 Å². The maximum Gasteiger partial charge on any atom is 0.242 e. The van der Waals surface area contributed by atoms with Crippen molar-refractivity contribution in [2.45, 2.75) is 32.6 Å². The van der Waals surface area contributed by atoms with Crippen molar-refractivity contribution in [2.24, 2.45) is 0 Å². The van der Waals surface area contributed by atoms with Crippen LogP contribution in [0.1, 0.15) is 37.5 Å². The Labute approximate surface area is 161 Å². The van der Waals surface area contributed by atoms with Crippen molar-refractivity contribution in [3.05, 3.63) is 90.0 Å². The molecule has 0 aromatic heterocycles. The highest BCUT2D eigenvalue weighted by Gasteiger charge is 2.13. The number of carbonyl (C=O) groups is 1. The summed E-state index contributed by atoms with van der Waals surface area (Å²) in [6.07, 6.45) is 0.310. The van der Waals surface area contributed by atoms with Crippen molar-refractivity contribution in [2.75, 3.05) is 0 Å². The van der Waals surface area contributed by atoms with Gasteiger partial charge in [-0.2, -0.15) is 0 Å². The maximum absolute atomic E-state index is 12.4. The molecule has 3 aromatic carbocycles. The third-order valence-electron chi connectivity index (χ3n) is 4.68. The van der Waals surface area contributed by atoms with Crippen LogP contribution in [0.15, 0.2) is 73.3 Å². The molecule has 0 saturated carbocycles. The van der Waals surface area contributed by atoms with E-state index in [-0.39, 0.29) is 11.3 Å². The molecule has 0 saturated heterocycles. The van der Waals surface area contributed by atoms with Crippen molar-refractivity contribution in [3.8, 4) is 0 Å². The lowest BCUT2D eigenvalue weighted by atomic mass is 9.86. The molecule has 0 aliphatic carbocycles. The molecule has 2 N–H and O–H groups in total. The first-order valence-corrected chi connectivity index (χ1v) is 9.16. The first kappa shape index (κ1) is 18.7. The molecule has 3 heteroatoms. The van der Waals surface area contributed by atoms with Gasteiger partial charge >= 0.3 is 0 Å². The Kier molecular flexibility index (Phi) is 5.31. The first-order chi connectivity index (χ1) is 12.8. The van der Waals surface area contributed by atoms with Gasteiger partial charge in [0.1, 0.15) is 0 Å². The molecule has 0 radical (unpaired) electrons. The Morgan fingerprint density at radius 3 is 2.26 bits per heavy atom. The van der Waals surface area contributed by atoms with Crippen LogP contribution in [0, 0.1) is 0 Å². The molecular formula is C24H26N2O. The molecule has 3 rings (SSSR count). The topological polar surface area (TPSA) is 41.1 Å². The van der Waals surface area contributed by atoms with Gasteiger partial charge in [0, 0.05) is 0 Å². The molecule has 0 aliphatic rings. The Bertz CT molecular complexity index is 960. The second-order valence-electron chi connectivity index (χ2n) is 7.79. The highest BCUT2D eigenvalue weighted by Crippen LogP contribution is 2.23. The molecular weight excluding hydrogens is 332 g/mol. The number of hydrazine groups is 1. The van der Waals surface area contributed by atoms with Crippen molar-refractivity contribution in [1.29, 1.82) is 0 Å². The van der Waals surface area contributed by atoms with Crippen LogP contribution >= 0.6 is 0 Å². The van der Waals surface area contributed by atoms with Crippen molar-refractivity contribution >= 4 is 22.4 Å². The molecule has 1 amide bonds. The minimum atomic E-state index is -0.0983. The second kappa shape index (κ2) is 7.67. The van der Waals surface area contributed by atoms with Gasteiger partial charge in [-0.15, -0.1) is 0 Å². The standard InChI is InChI=1S/C24H26N2O/c1-17(18-12-14-21(15-13-18)24(2,3)4)25-26-23(27)16-20-10-7-9-19-8-5-6-11-22(19)20/h5-15,25H,1,16H2,2-4H3,(H,26,27).